The molecular formula is CH4Na2O2. The Kier molecular flexibility index (Phi) is 221. The predicted molar refractivity (Wildman–Crippen MR) is 8.83 cm³/mol. The van der Waals surface area contributed by atoms with Gasteiger partial charge in [0, 0.05) is 7.11 Å². The molecule has 22 valence electrons. The Morgan fingerprint density at radius 3 is 1.00 bits per heavy atom. The summed E-state index contributed by atoms with van der Waals surface area (Å²) in [7, 11) is 1.00. The van der Waals surface area contributed by atoms with Crippen LogP contribution in [0.5, 0.6) is 0 Å². The molecule has 0 aliphatic heterocycles. The van der Waals surface area contributed by atoms with Gasteiger partial charge in [-0.05, 0) is 0 Å². The quantitative estimate of drug-likeness (QED) is 0.298. The summed E-state index contributed by atoms with van der Waals surface area (Å²) in [5.74, 6) is 0. The molecule has 5 heavy (non-hydrogen) atoms. The Labute approximate surface area is 75.8 Å². The standard InChI is InChI=1S/CH4O.2Na.O/c1-2;;;/h2H,1H3;;;/q;2*+1;-2. The van der Waals surface area contributed by atoms with Crippen LogP contribution in [0.1, 0.15) is 0 Å². The Morgan fingerprint density at radius 2 is 1.00 bits per heavy atom. The SMILES string of the molecule is CO.[Na+].[Na+].[O-2]. The molecule has 0 amide bonds. The number of aliphatic hydroxyl groups is 1. The molecule has 0 aliphatic carbocycles. The van der Waals surface area contributed by atoms with Crippen LogP contribution >= 0.6 is 0 Å². The van der Waals surface area contributed by atoms with Crippen molar-refractivity contribution in [3.63, 3.8) is 0 Å². The van der Waals surface area contributed by atoms with Gasteiger partial charge in [0.25, 0.3) is 0 Å². The van der Waals surface area contributed by atoms with Crippen molar-refractivity contribution in [1.82, 2.24) is 0 Å². The van der Waals surface area contributed by atoms with Crippen LogP contribution in [0.4, 0.5) is 0 Å². The zero-order valence-electron chi connectivity index (χ0n) is 3.86. The molecule has 0 aromatic carbocycles. The summed E-state index contributed by atoms with van der Waals surface area (Å²) in [6, 6.07) is 0. The Balaban J connectivity index is -0.00000000167. The summed E-state index contributed by atoms with van der Waals surface area (Å²) in [6.45, 7) is 0. The normalized spacial score (nSPS) is 1.20. The van der Waals surface area contributed by atoms with Gasteiger partial charge in [0.15, 0.2) is 0 Å². The van der Waals surface area contributed by atoms with Crippen molar-refractivity contribution < 1.29 is 69.7 Å². The van der Waals surface area contributed by atoms with E-state index in [4.69, 9.17) is 5.11 Å². The molecule has 0 radical (unpaired) electrons. The van der Waals surface area contributed by atoms with Gasteiger partial charge in [-0.25, -0.2) is 0 Å². The Bertz CT molecular complexity index is 7.61. The molecule has 0 bridgehead atoms. The van der Waals surface area contributed by atoms with E-state index in [1.54, 1.807) is 0 Å². The van der Waals surface area contributed by atoms with Crippen molar-refractivity contribution in [3.8, 4) is 0 Å². The van der Waals surface area contributed by atoms with Gasteiger partial charge in [-0.15, -0.1) is 0 Å². The van der Waals surface area contributed by atoms with Gasteiger partial charge in [-0.1, -0.05) is 0 Å². The second-order valence-electron chi connectivity index (χ2n) is 0. The average molecular weight is 94.0 g/mol. The summed E-state index contributed by atoms with van der Waals surface area (Å²) in [6.07, 6.45) is 0. The van der Waals surface area contributed by atoms with Crippen LogP contribution in [0.3, 0.4) is 0 Å². The van der Waals surface area contributed by atoms with Crippen LogP contribution in [0.15, 0.2) is 0 Å². The number of hydrogen-bond donors (Lipinski definition) is 1. The van der Waals surface area contributed by atoms with Gasteiger partial charge in [0.2, 0.25) is 0 Å². The second-order valence-corrected chi connectivity index (χ2v) is 0. The largest absolute Gasteiger partial charge is 2.00 e. The molecule has 0 saturated heterocycles. The third-order valence-electron chi connectivity index (χ3n) is 0. The van der Waals surface area contributed by atoms with Crippen LogP contribution in [0.25, 0.3) is 0 Å². The summed E-state index contributed by atoms with van der Waals surface area (Å²) in [5.41, 5.74) is 0. The molecule has 0 aliphatic rings. The molecule has 0 aromatic rings. The van der Waals surface area contributed by atoms with Gasteiger partial charge < -0.3 is 10.6 Å². The van der Waals surface area contributed by atoms with Gasteiger partial charge in [-0.3, -0.25) is 0 Å². The minimum absolute atomic E-state index is 0. The van der Waals surface area contributed by atoms with Gasteiger partial charge in [0.1, 0.15) is 0 Å². The first-order chi connectivity index (χ1) is 1.00. The molecule has 2 nitrogen and oxygen atoms in total. The molecule has 4 heteroatoms. The van der Waals surface area contributed by atoms with E-state index in [9.17, 15) is 0 Å². The topological polar surface area (TPSA) is 48.7 Å². The van der Waals surface area contributed by atoms with Gasteiger partial charge in [0.05, 0.1) is 0 Å². The number of rotatable bonds is 0. The fourth-order valence-corrected chi connectivity index (χ4v) is 0. The van der Waals surface area contributed by atoms with Gasteiger partial charge in [-0.2, -0.15) is 0 Å². The van der Waals surface area contributed by atoms with Crippen molar-refractivity contribution in [2.45, 2.75) is 0 Å². The van der Waals surface area contributed by atoms with Crippen molar-refractivity contribution >= 4 is 0 Å². The minimum atomic E-state index is 0. The fourth-order valence-electron chi connectivity index (χ4n) is 0. The van der Waals surface area contributed by atoms with Crippen LogP contribution < -0.4 is 59.1 Å². The van der Waals surface area contributed by atoms with Crippen LogP contribution in [0.2, 0.25) is 0 Å². The molecule has 0 fully saturated rings. The monoisotopic (exact) mass is 94.0 g/mol. The van der Waals surface area contributed by atoms with E-state index in [0.717, 1.165) is 7.11 Å². The molecule has 0 rings (SSSR count). The zero-order valence-corrected chi connectivity index (χ0v) is 7.86. The predicted octanol–water partition coefficient (Wildman–Crippen LogP) is -6.50. The molecule has 0 unspecified atom stereocenters. The summed E-state index contributed by atoms with van der Waals surface area (Å²) in [4.78, 5) is 0. The molecule has 0 aromatic heterocycles. The minimum Gasteiger partial charge on any atom is -2.00 e. The number of aliphatic hydroxyl groups excluding tert-OH is 1. The molecule has 0 saturated carbocycles. The van der Waals surface area contributed by atoms with E-state index < -0.39 is 0 Å². The third-order valence-corrected chi connectivity index (χ3v) is 0. The Hall–Kier alpha value is 1.92. The average Bonchev–Trinajstić information content (AvgIpc) is 1.00. The van der Waals surface area contributed by atoms with Crippen LogP contribution in [-0.4, -0.2) is 12.2 Å². The zero-order chi connectivity index (χ0) is 2.00. The maximum Gasteiger partial charge on any atom is 1.00 e. The number of hydrogen-bond acceptors (Lipinski definition) is 1. The molecule has 0 heterocycles. The van der Waals surface area contributed by atoms with E-state index >= 15 is 0 Å². The summed E-state index contributed by atoms with van der Waals surface area (Å²) >= 11 is 0. The first kappa shape index (κ1) is 28.4. The summed E-state index contributed by atoms with van der Waals surface area (Å²) < 4.78 is 0. The van der Waals surface area contributed by atoms with Crippen molar-refractivity contribution in [3.05, 3.63) is 0 Å². The summed E-state index contributed by atoms with van der Waals surface area (Å²) in [5, 5.41) is 7.00. The van der Waals surface area contributed by atoms with E-state index in [0.29, 0.717) is 0 Å². The third kappa shape index (κ3) is 24.7. The molecular weight excluding hydrogens is 90.0 g/mol. The second kappa shape index (κ2) is 38.9. The van der Waals surface area contributed by atoms with Gasteiger partial charge >= 0.3 is 59.1 Å². The van der Waals surface area contributed by atoms with E-state index in [2.05, 4.69) is 0 Å². The first-order valence-electron chi connectivity index (χ1n) is 0.447. The van der Waals surface area contributed by atoms with E-state index in [1.165, 1.54) is 0 Å². The van der Waals surface area contributed by atoms with Crippen molar-refractivity contribution in [1.29, 1.82) is 0 Å². The van der Waals surface area contributed by atoms with E-state index in [-0.39, 0.29) is 64.6 Å². The first-order valence-corrected chi connectivity index (χ1v) is 0.447. The fraction of sp³-hybridized carbons (Fsp3) is 1.00. The molecule has 0 atom stereocenters. The molecule has 0 spiro atoms. The van der Waals surface area contributed by atoms with Crippen molar-refractivity contribution in [2.75, 3.05) is 7.11 Å². The molecule has 1 N–H and O–H groups in total. The Morgan fingerprint density at radius 1 is 1.00 bits per heavy atom. The van der Waals surface area contributed by atoms with Crippen molar-refractivity contribution in [2.24, 2.45) is 0 Å². The van der Waals surface area contributed by atoms with Crippen LogP contribution in [0, 0.1) is 0 Å². The van der Waals surface area contributed by atoms with E-state index in [1.807, 2.05) is 0 Å². The maximum absolute atomic E-state index is 7.00. The smallest absolute Gasteiger partial charge is 1.00 e. The van der Waals surface area contributed by atoms with Crippen LogP contribution in [-0.2, 0) is 5.48 Å². The maximum atomic E-state index is 7.00.